The number of unbranched alkanes of at least 4 members (excludes halogenated alkanes) is 2. The molecule has 0 bridgehead atoms. The molecule has 0 atom stereocenters. The van der Waals surface area contributed by atoms with Gasteiger partial charge in [-0.1, -0.05) is 0 Å². The number of aliphatic hydroxyl groups is 2. The van der Waals surface area contributed by atoms with Gasteiger partial charge in [0.15, 0.2) is 0 Å². The summed E-state index contributed by atoms with van der Waals surface area (Å²) in [5.41, 5.74) is 1.27. The van der Waals surface area contributed by atoms with Crippen molar-refractivity contribution in [2.75, 3.05) is 13.2 Å². The number of aliphatic hydroxyl groups excluding tert-OH is 2. The average Bonchev–Trinajstić information content (AvgIpc) is 2.62. The van der Waals surface area contributed by atoms with E-state index in [1.807, 2.05) is 12.1 Å². The van der Waals surface area contributed by atoms with Crippen molar-refractivity contribution in [3.63, 3.8) is 0 Å². The highest BCUT2D eigenvalue weighted by molar-refractivity contribution is 5.20. The number of ether oxygens (including phenoxy) is 2. The molecule has 0 unspecified atom stereocenters. The number of hydrogen-bond acceptors (Lipinski definition) is 6. The first-order valence-corrected chi connectivity index (χ1v) is 7.69. The summed E-state index contributed by atoms with van der Waals surface area (Å²) in [5, 5.41) is 17.8. The van der Waals surface area contributed by atoms with E-state index in [-0.39, 0.29) is 13.2 Å². The first-order chi connectivity index (χ1) is 11.3. The van der Waals surface area contributed by atoms with Gasteiger partial charge in [-0.15, -0.1) is 0 Å². The lowest BCUT2D eigenvalue weighted by Crippen LogP contribution is -2.02. The van der Waals surface area contributed by atoms with E-state index >= 15 is 0 Å². The van der Waals surface area contributed by atoms with Crippen molar-refractivity contribution in [2.45, 2.75) is 32.5 Å². The minimum atomic E-state index is -0.0570. The van der Waals surface area contributed by atoms with E-state index in [1.165, 1.54) is 0 Å². The van der Waals surface area contributed by atoms with Crippen LogP contribution < -0.4 is 9.47 Å². The zero-order valence-electron chi connectivity index (χ0n) is 13.0. The summed E-state index contributed by atoms with van der Waals surface area (Å²) in [6.45, 7) is 1.15. The van der Waals surface area contributed by atoms with Crippen LogP contribution in [-0.4, -0.2) is 33.4 Å². The van der Waals surface area contributed by atoms with Crippen molar-refractivity contribution in [3.8, 4) is 11.5 Å². The van der Waals surface area contributed by atoms with Crippen LogP contribution in [0.4, 0.5) is 0 Å². The molecule has 2 rings (SSSR count). The predicted octanol–water partition coefficient (Wildman–Crippen LogP) is 2.09. The summed E-state index contributed by atoms with van der Waals surface area (Å²) in [4.78, 5) is 8.11. The number of hydrogen-bond donors (Lipinski definition) is 2. The average molecular weight is 318 g/mol. The highest BCUT2D eigenvalue weighted by Gasteiger charge is 1.98. The summed E-state index contributed by atoms with van der Waals surface area (Å²) < 4.78 is 11.2. The third-order valence-electron chi connectivity index (χ3n) is 3.25. The second-order valence-electron chi connectivity index (χ2n) is 5.04. The quantitative estimate of drug-likeness (QED) is 0.653. The van der Waals surface area contributed by atoms with E-state index in [0.29, 0.717) is 36.1 Å². The van der Waals surface area contributed by atoms with Gasteiger partial charge in [0.05, 0.1) is 50.2 Å². The first kappa shape index (κ1) is 17.2. The molecule has 2 aromatic heterocycles. The normalized spacial score (nSPS) is 10.5. The Morgan fingerprint density at radius 3 is 1.52 bits per heavy atom. The number of rotatable bonds is 10. The maximum atomic E-state index is 8.90. The second-order valence-corrected chi connectivity index (χ2v) is 5.04. The van der Waals surface area contributed by atoms with E-state index in [2.05, 4.69) is 9.97 Å². The molecule has 0 spiro atoms. The van der Waals surface area contributed by atoms with E-state index < -0.39 is 0 Å². The van der Waals surface area contributed by atoms with Gasteiger partial charge < -0.3 is 19.7 Å². The Morgan fingerprint density at radius 1 is 0.696 bits per heavy atom. The summed E-state index contributed by atoms with van der Waals surface area (Å²) in [5.74, 6) is 1.43. The van der Waals surface area contributed by atoms with E-state index in [0.717, 1.165) is 19.3 Å². The molecule has 2 aromatic rings. The largest absolute Gasteiger partial charge is 0.492 e. The number of nitrogens with zero attached hydrogens (tertiary/aromatic N) is 2. The van der Waals surface area contributed by atoms with Gasteiger partial charge in [0.1, 0.15) is 11.5 Å². The molecule has 0 aliphatic carbocycles. The highest BCUT2D eigenvalue weighted by atomic mass is 16.5. The third kappa shape index (κ3) is 6.22. The summed E-state index contributed by atoms with van der Waals surface area (Å²) in [7, 11) is 0. The molecule has 6 heteroatoms. The van der Waals surface area contributed by atoms with Crippen LogP contribution in [0.15, 0.2) is 36.7 Å². The van der Waals surface area contributed by atoms with Gasteiger partial charge >= 0.3 is 0 Å². The van der Waals surface area contributed by atoms with Crippen molar-refractivity contribution in [2.24, 2.45) is 0 Å². The van der Waals surface area contributed by atoms with Gasteiger partial charge in [-0.05, 0) is 43.5 Å². The van der Waals surface area contributed by atoms with Crippen LogP contribution in [0.2, 0.25) is 0 Å². The Bertz CT molecular complexity index is 506. The topological polar surface area (TPSA) is 84.7 Å². The Labute approximate surface area is 135 Å². The Balaban J connectivity index is 1.53. The fourth-order valence-electron chi connectivity index (χ4n) is 1.94. The molecule has 6 nitrogen and oxygen atoms in total. The van der Waals surface area contributed by atoms with Gasteiger partial charge in [-0.2, -0.15) is 0 Å². The van der Waals surface area contributed by atoms with E-state index in [4.69, 9.17) is 19.7 Å². The monoisotopic (exact) mass is 318 g/mol. The summed E-state index contributed by atoms with van der Waals surface area (Å²) in [6.07, 6.45) is 6.12. The minimum absolute atomic E-state index is 0.0570. The highest BCUT2D eigenvalue weighted by Crippen LogP contribution is 2.11. The second kappa shape index (κ2) is 9.76. The third-order valence-corrected chi connectivity index (χ3v) is 3.25. The molecule has 0 fully saturated rings. The molecule has 0 aromatic carbocycles. The number of pyridine rings is 2. The maximum absolute atomic E-state index is 8.90. The van der Waals surface area contributed by atoms with Crippen LogP contribution >= 0.6 is 0 Å². The van der Waals surface area contributed by atoms with Crippen LogP contribution in [0.5, 0.6) is 11.5 Å². The Kier molecular flexibility index (Phi) is 7.29. The molecule has 2 heterocycles. The van der Waals surface area contributed by atoms with Crippen molar-refractivity contribution >= 4 is 0 Å². The zero-order chi connectivity index (χ0) is 16.3. The Hall–Kier alpha value is -2.18. The van der Waals surface area contributed by atoms with Crippen molar-refractivity contribution in [3.05, 3.63) is 48.0 Å². The SMILES string of the molecule is OCc1ccc(OCCCCCOc2ccc(CO)nc2)cn1. The molecule has 0 aliphatic rings. The van der Waals surface area contributed by atoms with Gasteiger partial charge in [-0.3, -0.25) is 9.97 Å². The van der Waals surface area contributed by atoms with Crippen LogP contribution in [0.25, 0.3) is 0 Å². The van der Waals surface area contributed by atoms with E-state index in [1.54, 1.807) is 24.5 Å². The standard InChI is InChI=1S/C17H22N2O4/c20-12-14-4-6-16(10-18-14)22-8-2-1-3-9-23-17-7-5-15(13-21)19-11-17/h4-7,10-11,20-21H,1-3,8-9,12-13H2. The molecule has 0 saturated heterocycles. The molecule has 2 N–H and O–H groups in total. The molecule has 0 saturated carbocycles. The van der Waals surface area contributed by atoms with Crippen molar-refractivity contribution in [1.29, 1.82) is 0 Å². The lowest BCUT2D eigenvalue weighted by Gasteiger charge is -2.07. The lowest BCUT2D eigenvalue weighted by atomic mass is 10.2. The first-order valence-electron chi connectivity index (χ1n) is 7.69. The summed E-state index contributed by atoms with van der Waals surface area (Å²) >= 11 is 0. The molecule has 0 aliphatic heterocycles. The van der Waals surface area contributed by atoms with Gasteiger partial charge in [0.25, 0.3) is 0 Å². The molecule has 124 valence electrons. The van der Waals surface area contributed by atoms with Gasteiger partial charge in [-0.25, -0.2) is 0 Å². The minimum Gasteiger partial charge on any atom is -0.492 e. The molecular formula is C17H22N2O4. The fraction of sp³-hybridized carbons (Fsp3) is 0.412. The van der Waals surface area contributed by atoms with Crippen LogP contribution in [0.1, 0.15) is 30.7 Å². The molecule has 23 heavy (non-hydrogen) atoms. The van der Waals surface area contributed by atoms with Crippen LogP contribution in [0, 0.1) is 0 Å². The predicted molar refractivity (Wildman–Crippen MR) is 85.2 cm³/mol. The number of aromatic nitrogens is 2. The van der Waals surface area contributed by atoms with Gasteiger partial charge in [0, 0.05) is 0 Å². The van der Waals surface area contributed by atoms with Crippen molar-refractivity contribution < 1.29 is 19.7 Å². The van der Waals surface area contributed by atoms with Crippen LogP contribution in [-0.2, 0) is 13.2 Å². The fourth-order valence-corrected chi connectivity index (χ4v) is 1.94. The smallest absolute Gasteiger partial charge is 0.137 e. The van der Waals surface area contributed by atoms with E-state index in [9.17, 15) is 0 Å². The molecule has 0 radical (unpaired) electrons. The Morgan fingerprint density at radius 2 is 1.17 bits per heavy atom. The zero-order valence-corrected chi connectivity index (χ0v) is 13.0. The summed E-state index contributed by atoms with van der Waals surface area (Å²) in [6, 6.07) is 7.12. The van der Waals surface area contributed by atoms with Crippen LogP contribution in [0.3, 0.4) is 0 Å². The molecular weight excluding hydrogens is 296 g/mol. The van der Waals surface area contributed by atoms with Crippen molar-refractivity contribution in [1.82, 2.24) is 9.97 Å². The molecule has 0 amide bonds. The maximum Gasteiger partial charge on any atom is 0.137 e. The van der Waals surface area contributed by atoms with Gasteiger partial charge in [0.2, 0.25) is 0 Å². The lowest BCUT2D eigenvalue weighted by molar-refractivity contribution is 0.271.